The van der Waals surface area contributed by atoms with E-state index in [0.717, 1.165) is 0 Å². The molecule has 2 N–H and O–H groups in total. The van der Waals surface area contributed by atoms with Gasteiger partial charge in [0.15, 0.2) is 0 Å². The maximum absolute atomic E-state index is 12.2. The van der Waals surface area contributed by atoms with Crippen molar-refractivity contribution in [1.29, 1.82) is 10.5 Å². The molecule has 0 spiro atoms. The van der Waals surface area contributed by atoms with Crippen LogP contribution in [-0.4, -0.2) is 45.9 Å². The fourth-order valence-corrected chi connectivity index (χ4v) is 2.88. The van der Waals surface area contributed by atoms with Crippen LogP contribution < -0.4 is 10.9 Å². The quantitative estimate of drug-likeness (QED) is 0.412. The standard InChI is InChI=1S/C21H18N6O2S2/c1-26(20(30)16-7-3-5-14(9-16)12-22)24-18(28)11-19(29)25-27(2)21(31)17-8-4-6-15(10-17)13-23/h3-10H,11H2,1-2H3,(H,24,28)(H,25,29). The third-order valence-electron chi connectivity index (χ3n) is 3.99. The number of carbonyl (C=O) groups excluding carboxylic acids is 2. The molecule has 0 aliphatic carbocycles. The molecule has 0 saturated carbocycles. The maximum Gasteiger partial charge on any atom is 0.248 e. The Balaban J connectivity index is 1.90. The average molecular weight is 451 g/mol. The Morgan fingerprint density at radius 3 is 1.58 bits per heavy atom. The Bertz CT molecular complexity index is 1030. The minimum Gasteiger partial charge on any atom is -0.277 e. The van der Waals surface area contributed by atoms with Crippen molar-refractivity contribution in [2.75, 3.05) is 14.1 Å². The molecule has 2 aromatic rings. The SMILES string of the molecule is CN(NC(=O)CC(=O)NN(C)C(=S)c1cccc(C#N)c1)C(=S)c1cccc(C#N)c1. The van der Waals surface area contributed by atoms with Crippen molar-refractivity contribution in [2.24, 2.45) is 0 Å². The number of hydrogen-bond acceptors (Lipinski definition) is 6. The molecule has 0 aliphatic heterocycles. The van der Waals surface area contributed by atoms with Gasteiger partial charge in [-0.25, -0.2) is 0 Å². The zero-order valence-corrected chi connectivity index (χ0v) is 18.4. The first-order valence-corrected chi connectivity index (χ1v) is 9.72. The number of nitrogens with one attached hydrogen (secondary N) is 2. The lowest BCUT2D eigenvalue weighted by Gasteiger charge is -2.23. The summed E-state index contributed by atoms with van der Waals surface area (Å²) in [4.78, 5) is 25.0. The minimum atomic E-state index is -0.579. The fraction of sp³-hybridized carbons (Fsp3) is 0.143. The van der Waals surface area contributed by atoms with Crippen molar-refractivity contribution in [3.8, 4) is 12.1 Å². The first kappa shape index (κ1) is 23.4. The summed E-state index contributed by atoms with van der Waals surface area (Å²) in [7, 11) is 3.08. The van der Waals surface area contributed by atoms with Crippen molar-refractivity contribution in [3.63, 3.8) is 0 Å². The number of nitriles is 2. The number of thiocarbonyl (C=S) groups is 2. The van der Waals surface area contributed by atoms with E-state index in [1.54, 1.807) is 62.6 Å². The number of hydrogen-bond donors (Lipinski definition) is 2. The molecule has 2 aromatic carbocycles. The lowest BCUT2D eigenvalue weighted by Crippen LogP contribution is -2.47. The molecule has 0 atom stereocenters. The molecule has 156 valence electrons. The molecule has 0 saturated heterocycles. The monoisotopic (exact) mass is 450 g/mol. The highest BCUT2D eigenvalue weighted by molar-refractivity contribution is 7.80. The van der Waals surface area contributed by atoms with Gasteiger partial charge in [0.2, 0.25) is 11.8 Å². The largest absolute Gasteiger partial charge is 0.277 e. The van der Waals surface area contributed by atoms with Gasteiger partial charge in [0.05, 0.1) is 23.3 Å². The molecule has 8 nitrogen and oxygen atoms in total. The molecular weight excluding hydrogens is 432 g/mol. The van der Waals surface area contributed by atoms with Crippen LogP contribution in [0.15, 0.2) is 48.5 Å². The van der Waals surface area contributed by atoms with Crippen LogP contribution in [0.1, 0.15) is 28.7 Å². The summed E-state index contributed by atoms with van der Waals surface area (Å²) in [5, 5.41) is 20.6. The Morgan fingerprint density at radius 2 is 1.23 bits per heavy atom. The van der Waals surface area contributed by atoms with E-state index in [1.807, 2.05) is 12.1 Å². The third kappa shape index (κ3) is 6.57. The van der Waals surface area contributed by atoms with Gasteiger partial charge in [-0.05, 0) is 24.3 Å². The predicted octanol–water partition coefficient (Wildman–Crippen LogP) is 1.80. The number of carbonyl (C=O) groups is 2. The highest BCUT2D eigenvalue weighted by Gasteiger charge is 2.16. The lowest BCUT2D eigenvalue weighted by atomic mass is 10.1. The molecule has 0 fully saturated rings. The van der Waals surface area contributed by atoms with Gasteiger partial charge in [-0.1, -0.05) is 48.7 Å². The highest BCUT2D eigenvalue weighted by Crippen LogP contribution is 2.08. The predicted molar refractivity (Wildman–Crippen MR) is 122 cm³/mol. The minimum absolute atomic E-state index is 0.293. The summed E-state index contributed by atoms with van der Waals surface area (Å²) in [5.41, 5.74) is 7.10. The highest BCUT2D eigenvalue weighted by atomic mass is 32.1. The molecule has 2 rings (SSSR count). The summed E-state index contributed by atoms with van der Waals surface area (Å²) in [6.07, 6.45) is -0.462. The van der Waals surface area contributed by atoms with Crippen molar-refractivity contribution >= 4 is 46.2 Å². The number of amides is 2. The van der Waals surface area contributed by atoms with Crippen molar-refractivity contribution < 1.29 is 9.59 Å². The smallest absolute Gasteiger partial charge is 0.248 e. The van der Waals surface area contributed by atoms with Crippen molar-refractivity contribution in [3.05, 3.63) is 70.8 Å². The molecule has 0 heterocycles. The van der Waals surface area contributed by atoms with Gasteiger partial charge in [-0.3, -0.25) is 30.5 Å². The molecule has 31 heavy (non-hydrogen) atoms. The Labute approximate surface area is 190 Å². The zero-order valence-electron chi connectivity index (χ0n) is 16.7. The fourth-order valence-electron chi connectivity index (χ4n) is 2.53. The van der Waals surface area contributed by atoms with Crippen LogP contribution >= 0.6 is 24.4 Å². The Kier molecular flexibility index (Phi) is 8.15. The van der Waals surface area contributed by atoms with Crippen LogP contribution in [0.25, 0.3) is 0 Å². The summed E-state index contributed by atoms with van der Waals surface area (Å²) in [6.45, 7) is 0. The Hall–Kier alpha value is -3.86. The Morgan fingerprint density at radius 1 is 0.839 bits per heavy atom. The van der Waals surface area contributed by atoms with Crippen LogP contribution in [0.4, 0.5) is 0 Å². The van der Waals surface area contributed by atoms with Gasteiger partial charge in [-0.15, -0.1) is 0 Å². The van der Waals surface area contributed by atoms with Gasteiger partial charge in [0.25, 0.3) is 0 Å². The zero-order chi connectivity index (χ0) is 23.0. The van der Waals surface area contributed by atoms with Crippen LogP contribution in [-0.2, 0) is 9.59 Å². The van der Waals surface area contributed by atoms with Gasteiger partial charge in [0.1, 0.15) is 16.4 Å². The number of benzene rings is 2. The first-order chi connectivity index (χ1) is 14.7. The summed E-state index contributed by atoms with van der Waals surface area (Å²) >= 11 is 10.6. The molecule has 0 aliphatic rings. The topological polar surface area (TPSA) is 112 Å². The molecule has 0 radical (unpaired) electrons. The van der Waals surface area contributed by atoms with Gasteiger partial charge >= 0.3 is 0 Å². The number of rotatable bonds is 4. The molecule has 0 bridgehead atoms. The van der Waals surface area contributed by atoms with E-state index >= 15 is 0 Å². The normalized spacial score (nSPS) is 9.55. The second-order valence-electron chi connectivity index (χ2n) is 6.36. The van der Waals surface area contributed by atoms with Crippen molar-refractivity contribution in [2.45, 2.75) is 6.42 Å². The first-order valence-electron chi connectivity index (χ1n) is 8.90. The van der Waals surface area contributed by atoms with Crippen LogP contribution in [0.5, 0.6) is 0 Å². The number of nitrogens with zero attached hydrogens (tertiary/aromatic N) is 4. The maximum atomic E-state index is 12.2. The molecule has 10 heteroatoms. The van der Waals surface area contributed by atoms with E-state index in [-0.39, 0.29) is 0 Å². The third-order valence-corrected chi connectivity index (χ3v) is 5.01. The van der Waals surface area contributed by atoms with Gasteiger partial charge in [-0.2, -0.15) is 10.5 Å². The van der Waals surface area contributed by atoms with Gasteiger partial charge in [0, 0.05) is 25.2 Å². The summed E-state index contributed by atoms with van der Waals surface area (Å²) in [6, 6.07) is 17.4. The second kappa shape index (κ2) is 10.8. The van der Waals surface area contributed by atoms with Crippen LogP contribution in [0, 0.1) is 22.7 Å². The van der Waals surface area contributed by atoms with E-state index in [9.17, 15) is 9.59 Å². The lowest BCUT2D eigenvalue weighted by molar-refractivity contribution is -0.132. The summed E-state index contributed by atoms with van der Waals surface area (Å²) < 4.78 is 0. The summed E-state index contributed by atoms with van der Waals surface area (Å²) in [5.74, 6) is -1.16. The van der Waals surface area contributed by atoms with E-state index in [0.29, 0.717) is 32.2 Å². The van der Waals surface area contributed by atoms with Crippen LogP contribution in [0.3, 0.4) is 0 Å². The number of hydrazine groups is 2. The van der Waals surface area contributed by atoms with Crippen molar-refractivity contribution in [1.82, 2.24) is 20.9 Å². The average Bonchev–Trinajstić information content (AvgIpc) is 2.77. The van der Waals surface area contributed by atoms with E-state index < -0.39 is 18.2 Å². The molecule has 0 aromatic heterocycles. The molecule has 2 amide bonds. The van der Waals surface area contributed by atoms with Crippen LogP contribution in [0.2, 0.25) is 0 Å². The van der Waals surface area contributed by atoms with E-state index in [4.69, 9.17) is 35.0 Å². The van der Waals surface area contributed by atoms with E-state index in [2.05, 4.69) is 10.9 Å². The van der Waals surface area contributed by atoms with E-state index in [1.165, 1.54) is 10.0 Å². The molecular formula is C21H18N6O2S2. The second-order valence-corrected chi connectivity index (χ2v) is 7.13. The molecule has 0 unspecified atom stereocenters. The van der Waals surface area contributed by atoms with Gasteiger partial charge < -0.3 is 0 Å².